The maximum absolute atomic E-state index is 2.36. The van der Waals surface area contributed by atoms with Gasteiger partial charge in [-0.2, -0.15) is 12.8 Å². The number of halogens is 1. The Labute approximate surface area is 78.4 Å². The third kappa shape index (κ3) is 5.74. The molecule has 50 valence electrons. The molecule has 0 bridgehead atoms. The molecule has 3 heteroatoms. The average Bonchev–Trinajstić information content (AvgIpc) is 1.94. The van der Waals surface area contributed by atoms with Crippen LogP contribution in [0.3, 0.4) is 0 Å². The van der Waals surface area contributed by atoms with E-state index in [0.29, 0.717) is 0 Å². The summed E-state index contributed by atoms with van der Waals surface area (Å²) < 4.78 is 0. The summed E-state index contributed by atoms with van der Waals surface area (Å²) in [7, 11) is 2.17. The summed E-state index contributed by atoms with van der Waals surface area (Å²) in [5.41, 5.74) is 0. The van der Waals surface area contributed by atoms with Crippen LogP contribution in [0.1, 0.15) is 12.8 Å². The molecule has 0 N–H and O–H groups in total. The fraction of sp³-hybridized carbons (Fsp3) is 0.833. The first kappa shape index (κ1) is 10.3. The number of hydrogen-bond acceptors (Lipinski definition) is 1. The number of rotatable bonds is 0. The molecule has 0 aliphatic carbocycles. The molecular formula is C6H12INZn. The Morgan fingerprint density at radius 3 is 2.00 bits per heavy atom. The second-order valence-corrected chi connectivity index (χ2v) is 2.17. The second kappa shape index (κ2) is 7.42. The Morgan fingerprint density at radius 1 is 1.33 bits per heavy atom. The Kier molecular flexibility index (Phi) is 8.50. The summed E-state index contributed by atoms with van der Waals surface area (Å²) in [4.78, 5) is 2.36. The zero-order valence-electron chi connectivity index (χ0n) is 5.94. The van der Waals surface area contributed by atoms with Crippen LogP contribution in [0.4, 0.5) is 0 Å². The van der Waals surface area contributed by atoms with Crippen molar-refractivity contribution >= 4 is 19.8 Å². The van der Waals surface area contributed by atoms with Crippen molar-refractivity contribution in [1.29, 1.82) is 0 Å². The number of nitrogens with zero attached hydrogens (tertiary/aromatic N) is 1. The summed E-state index contributed by atoms with van der Waals surface area (Å²) in [6.45, 7) is 2.53. The van der Waals surface area contributed by atoms with Crippen molar-refractivity contribution in [2.45, 2.75) is 12.8 Å². The molecule has 0 aromatic heterocycles. The molecule has 9 heavy (non-hydrogen) atoms. The second-order valence-electron chi connectivity index (χ2n) is 2.17. The van der Waals surface area contributed by atoms with Crippen LogP contribution in [-0.4, -0.2) is 25.0 Å². The first-order chi connectivity index (χ1) is 4.39. The summed E-state index contributed by atoms with van der Waals surface area (Å²) in [6, 6.07) is 0. The molecule has 0 atom stereocenters. The van der Waals surface area contributed by atoms with E-state index in [0.717, 1.165) is 0 Å². The van der Waals surface area contributed by atoms with Crippen molar-refractivity contribution < 1.29 is 14.8 Å². The SMILES string of the molecule is CN1CC[CH-]CC1.[Zn+][I]. The molecule has 1 heterocycles. The van der Waals surface area contributed by atoms with Crippen LogP contribution < -0.4 is 0 Å². The molecule has 0 saturated carbocycles. The van der Waals surface area contributed by atoms with Gasteiger partial charge < -0.3 is 11.3 Å². The summed E-state index contributed by atoms with van der Waals surface area (Å²) in [6.07, 6.45) is 4.94. The van der Waals surface area contributed by atoms with Gasteiger partial charge in [-0.3, -0.25) is 0 Å². The van der Waals surface area contributed by atoms with Gasteiger partial charge in [0.2, 0.25) is 0 Å². The monoisotopic (exact) mass is 289 g/mol. The number of hydrogen-bond donors (Lipinski definition) is 0. The number of piperidine rings is 1. The summed E-state index contributed by atoms with van der Waals surface area (Å²) in [5.74, 6) is 0. The molecular weight excluding hydrogens is 278 g/mol. The first-order valence-electron chi connectivity index (χ1n) is 3.16. The average molecular weight is 290 g/mol. The molecule has 1 rings (SSSR count). The minimum absolute atomic E-state index is 1.26. The fourth-order valence-electron chi connectivity index (χ4n) is 0.879. The molecule has 1 nitrogen and oxygen atoms in total. The van der Waals surface area contributed by atoms with Crippen LogP contribution in [-0.2, 0) is 14.8 Å². The van der Waals surface area contributed by atoms with E-state index in [4.69, 9.17) is 0 Å². The van der Waals surface area contributed by atoms with Crippen molar-refractivity contribution in [3.05, 3.63) is 6.42 Å². The van der Waals surface area contributed by atoms with E-state index in [9.17, 15) is 0 Å². The van der Waals surface area contributed by atoms with Crippen molar-refractivity contribution in [3.63, 3.8) is 0 Å². The minimum atomic E-state index is 1.26. The van der Waals surface area contributed by atoms with Crippen LogP contribution in [0.15, 0.2) is 0 Å². The van der Waals surface area contributed by atoms with Gasteiger partial charge in [0, 0.05) is 0 Å². The zero-order chi connectivity index (χ0) is 7.11. The van der Waals surface area contributed by atoms with Crippen molar-refractivity contribution in [1.82, 2.24) is 4.90 Å². The number of likely N-dealkylation sites (tertiary alicyclic amines) is 1. The van der Waals surface area contributed by atoms with E-state index < -0.39 is 0 Å². The van der Waals surface area contributed by atoms with E-state index in [1.54, 1.807) is 0 Å². The van der Waals surface area contributed by atoms with E-state index in [1.165, 1.54) is 40.7 Å². The third-order valence-electron chi connectivity index (χ3n) is 1.43. The van der Waals surface area contributed by atoms with Gasteiger partial charge in [0.15, 0.2) is 0 Å². The fourth-order valence-corrected chi connectivity index (χ4v) is 0.879. The quantitative estimate of drug-likeness (QED) is 0.374. The van der Waals surface area contributed by atoms with Crippen LogP contribution in [0.2, 0.25) is 0 Å². The van der Waals surface area contributed by atoms with Gasteiger partial charge >= 0.3 is 34.5 Å². The molecule has 0 unspecified atom stereocenters. The normalized spacial score (nSPS) is 20.4. The Balaban J connectivity index is 0.000000291. The molecule has 1 aliphatic rings. The molecule has 0 spiro atoms. The Bertz CT molecular complexity index is 55.0. The van der Waals surface area contributed by atoms with Gasteiger partial charge in [0.25, 0.3) is 0 Å². The van der Waals surface area contributed by atoms with Gasteiger partial charge in [-0.15, -0.1) is 0 Å². The summed E-state index contributed by atoms with van der Waals surface area (Å²) >= 11 is 3.62. The van der Waals surface area contributed by atoms with Crippen LogP contribution in [0.25, 0.3) is 0 Å². The van der Waals surface area contributed by atoms with Crippen LogP contribution in [0, 0.1) is 6.42 Å². The predicted octanol–water partition coefficient (Wildman–Crippen LogP) is 1.80. The maximum atomic E-state index is 2.36. The molecule has 0 aromatic rings. The van der Waals surface area contributed by atoms with E-state index >= 15 is 0 Å². The van der Waals surface area contributed by atoms with Gasteiger partial charge in [-0.1, -0.05) is 0 Å². The Morgan fingerprint density at radius 2 is 1.78 bits per heavy atom. The molecule has 0 amide bonds. The van der Waals surface area contributed by atoms with Gasteiger partial charge in [-0.05, 0) is 20.1 Å². The topological polar surface area (TPSA) is 3.24 Å². The molecule has 0 radical (unpaired) electrons. The zero-order valence-corrected chi connectivity index (χ0v) is 11.1. The van der Waals surface area contributed by atoms with Gasteiger partial charge in [0.1, 0.15) is 0 Å². The molecule has 1 saturated heterocycles. The standard InChI is InChI=1S/C6H12N.HI.Zn/c1-7-5-3-2-4-6-7;;/h2H,3-6H2,1H3;1H;/q-1;;+2/p-1. The first-order valence-corrected chi connectivity index (χ1v) is 12.2. The summed E-state index contributed by atoms with van der Waals surface area (Å²) in [5, 5.41) is 0. The van der Waals surface area contributed by atoms with Crippen molar-refractivity contribution in [3.8, 4) is 0 Å². The Hall–Kier alpha value is 1.31. The molecule has 0 aromatic carbocycles. The predicted molar refractivity (Wildman–Crippen MR) is 45.1 cm³/mol. The van der Waals surface area contributed by atoms with Gasteiger partial charge in [0.05, 0.1) is 0 Å². The van der Waals surface area contributed by atoms with Crippen molar-refractivity contribution in [2.75, 3.05) is 20.1 Å². The molecule has 1 aliphatic heterocycles. The third-order valence-corrected chi connectivity index (χ3v) is 1.43. The van der Waals surface area contributed by atoms with Crippen LogP contribution in [0.5, 0.6) is 0 Å². The van der Waals surface area contributed by atoms with E-state index in [-0.39, 0.29) is 0 Å². The van der Waals surface area contributed by atoms with E-state index in [1.807, 2.05) is 0 Å². The van der Waals surface area contributed by atoms with Crippen LogP contribution >= 0.6 is 19.8 Å². The van der Waals surface area contributed by atoms with Crippen molar-refractivity contribution in [2.24, 2.45) is 0 Å². The van der Waals surface area contributed by atoms with Gasteiger partial charge in [-0.25, -0.2) is 0 Å². The van der Waals surface area contributed by atoms with E-state index in [2.05, 4.69) is 38.1 Å². The molecule has 1 fully saturated rings.